The third-order valence-corrected chi connectivity index (χ3v) is 10.1. The van der Waals surface area contributed by atoms with Crippen molar-refractivity contribution in [2.24, 2.45) is 0 Å². The molecule has 0 amide bonds. The number of fused-ring (bicyclic) bond motifs is 8. The molecule has 0 aliphatic heterocycles. The van der Waals surface area contributed by atoms with Crippen molar-refractivity contribution in [1.82, 2.24) is 15.0 Å². The first kappa shape index (κ1) is 28.7. The smallest absolute Gasteiger partial charge is 0.167 e. The lowest BCUT2D eigenvalue weighted by Gasteiger charge is -2.12. The first-order valence-electron chi connectivity index (χ1n) is 17.3. The second-order valence-electron chi connectivity index (χ2n) is 13.2. The van der Waals surface area contributed by atoms with Gasteiger partial charge in [0, 0.05) is 32.7 Å². The summed E-state index contributed by atoms with van der Waals surface area (Å²) in [6.45, 7) is 0. The quantitative estimate of drug-likeness (QED) is 0.187. The van der Waals surface area contributed by atoms with Crippen molar-refractivity contribution in [2.75, 3.05) is 0 Å². The molecule has 0 atom stereocenters. The van der Waals surface area contributed by atoms with Gasteiger partial charge in [0.05, 0.1) is 5.56 Å². The minimum Gasteiger partial charge on any atom is -0.456 e. The van der Waals surface area contributed by atoms with Crippen LogP contribution in [-0.4, -0.2) is 15.0 Å². The van der Waals surface area contributed by atoms with Gasteiger partial charge in [0.25, 0.3) is 0 Å². The van der Waals surface area contributed by atoms with E-state index in [4.69, 9.17) is 23.8 Å². The number of nitrogens with zero attached hydrogens (tertiary/aromatic N) is 3. The second kappa shape index (κ2) is 11.2. The largest absolute Gasteiger partial charge is 0.456 e. The number of para-hydroxylation sites is 2. The van der Waals surface area contributed by atoms with Crippen LogP contribution in [0.15, 0.2) is 173 Å². The van der Waals surface area contributed by atoms with E-state index >= 15 is 0 Å². The van der Waals surface area contributed by atoms with Crippen molar-refractivity contribution < 1.29 is 8.83 Å². The zero-order valence-corrected chi connectivity index (χ0v) is 27.7. The molecule has 5 nitrogen and oxygen atoms in total. The molecule has 0 radical (unpaired) electrons. The van der Waals surface area contributed by atoms with Crippen molar-refractivity contribution >= 4 is 65.4 Å². The third kappa shape index (κ3) is 4.53. The molecule has 0 fully saturated rings. The molecule has 0 aliphatic carbocycles. The molecular weight excluding hydrogens is 639 g/mol. The molecule has 3 heterocycles. The molecule has 242 valence electrons. The van der Waals surface area contributed by atoms with Crippen LogP contribution in [0.5, 0.6) is 0 Å². The Bertz CT molecular complexity index is 3190. The zero-order chi connectivity index (χ0) is 34.2. The van der Waals surface area contributed by atoms with E-state index in [1.807, 2.05) is 36.4 Å². The third-order valence-electron chi connectivity index (χ3n) is 10.1. The second-order valence-corrected chi connectivity index (χ2v) is 13.2. The number of hydrogen-bond acceptors (Lipinski definition) is 5. The summed E-state index contributed by atoms with van der Waals surface area (Å²) in [5.74, 6) is 1.67. The first-order chi connectivity index (χ1) is 25.7. The molecule has 0 bridgehead atoms. The maximum absolute atomic E-state index is 6.67. The van der Waals surface area contributed by atoms with Gasteiger partial charge in [-0.1, -0.05) is 121 Å². The molecule has 0 aliphatic rings. The SMILES string of the molecule is c1ccc(-c2cc(-c3nc(-c4ccc5ccccc5c4)nc(-c4cccc5c4oc4ccccc45)n3)c3c(c2)oc2cc4ccccc4cc23)cc1. The van der Waals surface area contributed by atoms with Crippen LogP contribution in [0.3, 0.4) is 0 Å². The first-order valence-corrected chi connectivity index (χ1v) is 17.3. The van der Waals surface area contributed by atoms with Gasteiger partial charge < -0.3 is 8.83 Å². The Morgan fingerprint density at radius 2 is 1.00 bits per heavy atom. The summed E-state index contributed by atoms with van der Waals surface area (Å²) >= 11 is 0. The average Bonchev–Trinajstić information content (AvgIpc) is 3.77. The highest BCUT2D eigenvalue weighted by Crippen LogP contribution is 2.42. The number of benzene rings is 8. The summed E-state index contributed by atoms with van der Waals surface area (Å²) in [6, 6.07) is 56.4. The fourth-order valence-corrected chi connectivity index (χ4v) is 7.56. The van der Waals surface area contributed by atoms with Gasteiger partial charge in [-0.2, -0.15) is 0 Å². The molecule has 0 unspecified atom stereocenters. The average molecular weight is 666 g/mol. The summed E-state index contributed by atoms with van der Waals surface area (Å²) in [6.07, 6.45) is 0. The summed E-state index contributed by atoms with van der Waals surface area (Å²) < 4.78 is 13.2. The summed E-state index contributed by atoms with van der Waals surface area (Å²) in [4.78, 5) is 15.7. The predicted molar refractivity (Wildman–Crippen MR) is 211 cm³/mol. The molecular formula is C47H27N3O2. The molecule has 3 aromatic heterocycles. The van der Waals surface area contributed by atoms with Crippen LogP contribution in [0.2, 0.25) is 0 Å². The predicted octanol–water partition coefficient (Wildman–Crippen LogP) is 12.6. The van der Waals surface area contributed by atoms with Gasteiger partial charge in [-0.25, -0.2) is 15.0 Å². The maximum Gasteiger partial charge on any atom is 0.167 e. The zero-order valence-electron chi connectivity index (χ0n) is 27.7. The van der Waals surface area contributed by atoms with Crippen molar-refractivity contribution in [3.05, 3.63) is 164 Å². The van der Waals surface area contributed by atoms with E-state index in [9.17, 15) is 0 Å². The van der Waals surface area contributed by atoms with Crippen LogP contribution in [0.4, 0.5) is 0 Å². The number of rotatable bonds is 4. The van der Waals surface area contributed by atoms with Gasteiger partial charge >= 0.3 is 0 Å². The van der Waals surface area contributed by atoms with Crippen LogP contribution in [-0.2, 0) is 0 Å². The van der Waals surface area contributed by atoms with Crippen molar-refractivity contribution in [3.8, 4) is 45.3 Å². The highest BCUT2D eigenvalue weighted by atomic mass is 16.3. The van der Waals surface area contributed by atoms with Gasteiger partial charge in [-0.15, -0.1) is 0 Å². The van der Waals surface area contributed by atoms with E-state index in [2.05, 4.69) is 127 Å². The minimum absolute atomic E-state index is 0.536. The van der Waals surface area contributed by atoms with E-state index in [1.54, 1.807) is 0 Å². The fourth-order valence-electron chi connectivity index (χ4n) is 7.56. The number of aromatic nitrogens is 3. The topological polar surface area (TPSA) is 65.0 Å². The van der Waals surface area contributed by atoms with Crippen LogP contribution < -0.4 is 0 Å². The fraction of sp³-hybridized carbons (Fsp3) is 0. The van der Waals surface area contributed by atoms with E-state index in [-0.39, 0.29) is 0 Å². The lowest BCUT2D eigenvalue weighted by Crippen LogP contribution is -2.01. The molecule has 52 heavy (non-hydrogen) atoms. The highest BCUT2D eigenvalue weighted by molar-refractivity contribution is 6.16. The van der Waals surface area contributed by atoms with Gasteiger partial charge in [0.2, 0.25) is 0 Å². The summed E-state index contributed by atoms with van der Waals surface area (Å²) in [5, 5.41) is 8.58. The van der Waals surface area contributed by atoms with E-state index in [0.717, 1.165) is 93.2 Å². The standard InChI is InChI=1S/C47H27N3O2/c1-2-11-28(12-3-1)34-25-39(43-38-24-31-15-6-7-16-32(31)26-41(38)51-42(43)27-34)47-49-45(33-22-21-29-13-4-5-14-30(29)23-33)48-46(50-47)37-19-10-18-36-35-17-8-9-20-40(35)52-44(36)37/h1-27H. The number of hydrogen-bond donors (Lipinski definition) is 0. The van der Waals surface area contributed by atoms with Crippen molar-refractivity contribution in [2.45, 2.75) is 0 Å². The lowest BCUT2D eigenvalue weighted by atomic mass is 9.97. The summed E-state index contributed by atoms with van der Waals surface area (Å²) in [5.41, 5.74) is 7.82. The molecule has 8 aromatic carbocycles. The van der Waals surface area contributed by atoms with Crippen LogP contribution in [0.25, 0.3) is 111 Å². The molecule has 0 saturated heterocycles. The molecule has 5 heteroatoms. The Morgan fingerprint density at radius 3 is 1.85 bits per heavy atom. The Kier molecular flexibility index (Phi) is 6.18. The van der Waals surface area contributed by atoms with Gasteiger partial charge in [-0.3, -0.25) is 0 Å². The lowest BCUT2D eigenvalue weighted by molar-refractivity contribution is 0.669. The van der Waals surface area contributed by atoms with E-state index in [1.165, 1.54) is 0 Å². The van der Waals surface area contributed by atoms with Crippen molar-refractivity contribution in [1.29, 1.82) is 0 Å². The van der Waals surface area contributed by atoms with Gasteiger partial charge in [-0.05, 0) is 75.1 Å². The molecule has 0 spiro atoms. The van der Waals surface area contributed by atoms with Gasteiger partial charge in [0.15, 0.2) is 17.5 Å². The van der Waals surface area contributed by atoms with Crippen LogP contribution in [0.1, 0.15) is 0 Å². The monoisotopic (exact) mass is 665 g/mol. The van der Waals surface area contributed by atoms with E-state index < -0.39 is 0 Å². The Morgan fingerprint density at radius 1 is 0.327 bits per heavy atom. The Balaban J connectivity index is 1.24. The van der Waals surface area contributed by atoms with E-state index in [0.29, 0.717) is 17.5 Å². The Hall–Kier alpha value is -7.11. The minimum atomic E-state index is 0.536. The molecule has 11 aromatic rings. The van der Waals surface area contributed by atoms with Crippen LogP contribution >= 0.6 is 0 Å². The molecule has 0 N–H and O–H groups in total. The van der Waals surface area contributed by atoms with Crippen molar-refractivity contribution in [3.63, 3.8) is 0 Å². The molecule has 11 rings (SSSR count). The Labute approximate surface area is 297 Å². The highest BCUT2D eigenvalue weighted by Gasteiger charge is 2.22. The normalized spacial score (nSPS) is 11.8. The summed E-state index contributed by atoms with van der Waals surface area (Å²) in [7, 11) is 0. The molecule has 0 saturated carbocycles. The van der Waals surface area contributed by atoms with Crippen LogP contribution in [0, 0.1) is 0 Å². The number of furan rings is 2. The van der Waals surface area contributed by atoms with Gasteiger partial charge in [0.1, 0.15) is 22.3 Å². The maximum atomic E-state index is 6.67.